The monoisotopic (exact) mass is 304 g/mol. The van der Waals surface area contributed by atoms with Gasteiger partial charge in [0.1, 0.15) is 5.78 Å². The molecule has 22 heavy (non-hydrogen) atoms. The van der Waals surface area contributed by atoms with E-state index in [9.17, 15) is 4.79 Å². The van der Waals surface area contributed by atoms with Crippen molar-refractivity contribution in [2.75, 3.05) is 0 Å². The highest BCUT2D eigenvalue weighted by atomic mass is 16.1. The molecule has 0 aromatic heterocycles. The van der Waals surface area contributed by atoms with E-state index in [0.717, 1.165) is 42.4 Å². The van der Waals surface area contributed by atoms with Crippen molar-refractivity contribution in [2.45, 2.75) is 96.8 Å². The van der Waals surface area contributed by atoms with Gasteiger partial charge in [-0.2, -0.15) is 0 Å². The Labute approximate surface area is 137 Å². The van der Waals surface area contributed by atoms with Crippen molar-refractivity contribution in [3.63, 3.8) is 0 Å². The molecule has 0 saturated heterocycles. The van der Waals surface area contributed by atoms with Crippen LogP contribution in [0.4, 0.5) is 0 Å². The summed E-state index contributed by atoms with van der Waals surface area (Å²) in [6.45, 7) is 2.34. The van der Waals surface area contributed by atoms with E-state index in [0.29, 0.717) is 5.78 Å². The fourth-order valence-corrected chi connectivity index (χ4v) is 5.90. The lowest BCUT2D eigenvalue weighted by molar-refractivity contribution is -0.122. The highest BCUT2D eigenvalue weighted by Gasteiger charge is 2.34. The first-order valence-corrected chi connectivity index (χ1v) is 10.3. The van der Waals surface area contributed by atoms with Crippen molar-refractivity contribution in [2.24, 2.45) is 29.6 Å². The van der Waals surface area contributed by atoms with Crippen molar-refractivity contribution < 1.29 is 4.79 Å². The minimum absolute atomic E-state index is 0.549. The summed E-state index contributed by atoms with van der Waals surface area (Å²) in [7, 11) is 0. The smallest absolute Gasteiger partial charge is 0.133 e. The topological polar surface area (TPSA) is 17.1 Å². The summed E-state index contributed by atoms with van der Waals surface area (Å²) in [4.78, 5) is 11.7. The van der Waals surface area contributed by atoms with Crippen LogP contribution >= 0.6 is 0 Å². The van der Waals surface area contributed by atoms with Crippen LogP contribution in [0.5, 0.6) is 0 Å². The third-order valence-corrected chi connectivity index (χ3v) is 7.26. The zero-order valence-electron chi connectivity index (χ0n) is 14.7. The van der Waals surface area contributed by atoms with Crippen molar-refractivity contribution in [3.05, 3.63) is 0 Å². The normalized spacial score (nSPS) is 40.6. The Kier molecular flexibility index (Phi) is 5.99. The van der Waals surface area contributed by atoms with E-state index >= 15 is 0 Å². The molecule has 0 aromatic carbocycles. The summed E-state index contributed by atoms with van der Waals surface area (Å²) in [6, 6.07) is 0. The van der Waals surface area contributed by atoms with E-state index in [4.69, 9.17) is 0 Å². The molecule has 126 valence electrons. The van der Waals surface area contributed by atoms with Gasteiger partial charge in [-0.25, -0.2) is 0 Å². The molecule has 3 fully saturated rings. The summed E-state index contributed by atoms with van der Waals surface area (Å²) in [5.74, 6) is 5.30. The first-order valence-electron chi connectivity index (χ1n) is 10.3. The van der Waals surface area contributed by atoms with E-state index in [2.05, 4.69) is 6.92 Å². The standard InChI is InChI=1S/C21H36O/c1-2-4-16-7-9-17(10-8-16)18-11-13-19(14-12-18)20-5-3-6-21(22)15-20/h16-20H,2-15H2,1H3/t16-,17-,18-,19-,20?. The summed E-state index contributed by atoms with van der Waals surface area (Å²) < 4.78 is 0. The maximum Gasteiger partial charge on any atom is 0.133 e. The van der Waals surface area contributed by atoms with Crippen molar-refractivity contribution in [1.82, 2.24) is 0 Å². The maximum atomic E-state index is 11.7. The third kappa shape index (κ3) is 4.15. The average molecular weight is 305 g/mol. The van der Waals surface area contributed by atoms with Crippen LogP contribution in [-0.4, -0.2) is 5.78 Å². The average Bonchev–Trinajstić information content (AvgIpc) is 2.56. The Bertz CT molecular complexity index is 345. The molecule has 0 aliphatic heterocycles. The number of carbonyl (C=O) groups is 1. The highest BCUT2D eigenvalue weighted by molar-refractivity contribution is 5.79. The zero-order valence-corrected chi connectivity index (χ0v) is 14.7. The third-order valence-electron chi connectivity index (χ3n) is 7.26. The molecule has 3 saturated carbocycles. The van der Waals surface area contributed by atoms with E-state index < -0.39 is 0 Å². The molecule has 0 aromatic rings. The Morgan fingerprint density at radius 1 is 0.773 bits per heavy atom. The molecule has 1 atom stereocenters. The van der Waals surface area contributed by atoms with Gasteiger partial charge in [0.15, 0.2) is 0 Å². The van der Waals surface area contributed by atoms with Crippen LogP contribution in [0.15, 0.2) is 0 Å². The van der Waals surface area contributed by atoms with E-state index in [-0.39, 0.29) is 0 Å². The molecular weight excluding hydrogens is 268 g/mol. The number of hydrogen-bond donors (Lipinski definition) is 0. The first-order chi connectivity index (χ1) is 10.8. The molecule has 3 rings (SSSR count). The summed E-state index contributed by atoms with van der Waals surface area (Å²) >= 11 is 0. The number of hydrogen-bond acceptors (Lipinski definition) is 1. The van der Waals surface area contributed by atoms with Gasteiger partial charge in [0.05, 0.1) is 0 Å². The number of ketones is 1. The molecule has 0 N–H and O–H groups in total. The lowest BCUT2D eigenvalue weighted by Crippen LogP contribution is -2.30. The van der Waals surface area contributed by atoms with Crippen LogP contribution < -0.4 is 0 Å². The Hall–Kier alpha value is -0.330. The van der Waals surface area contributed by atoms with E-state index in [1.54, 1.807) is 0 Å². The molecule has 0 spiro atoms. The van der Waals surface area contributed by atoms with Crippen molar-refractivity contribution >= 4 is 5.78 Å². The molecule has 0 heterocycles. The van der Waals surface area contributed by atoms with Gasteiger partial charge < -0.3 is 0 Å². The molecule has 3 aliphatic rings. The van der Waals surface area contributed by atoms with Gasteiger partial charge in [-0.05, 0) is 81.0 Å². The Morgan fingerprint density at radius 2 is 1.32 bits per heavy atom. The lowest BCUT2D eigenvalue weighted by Gasteiger charge is -2.40. The van der Waals surface area contributed by atoms with Gasteiger partial charge in [-0.3, -0.25) is 4.79 Å². The minimum Gasteiger partial charge on any atom is -0.300 e. The molecular formula is C21H36O. The zero-order chi connectivity index (χ0) is 15.4. The summed E-state index contributed by atoms with van der Waals surface area (Å²) in [5, 5.41) is 0. The van der Waals surface area contributed by atoms with Gasteiger partial charge >= 0.3 is 0 Å². The van der Waals surface area contributed by atoms with Gasteiger partial charge in [0, 0.05) is 12.8 Å². The highest BCUT2D eigenvalue weighted by Crippen LogP contribution is 2.45. The molecule has 1 heteroatoms. The van der Waals surface area contributed by atoms with E-state index in [1.807, 2.05) is 0 Å². The minimum atomic E-state index is 0.549. The predicted molar refractivity (Wildman–Crippen MR) is 92.8 cm³/mol. The number of rotatable bonds is 4. The molecule has 0 bridgehead atoms. The summed E-state index contributed by atoms with van der Waals surface area (Å²) in [5.41, 5.74) is 0. The largest absolute Gasteiger partial charge is 0.300 e. The molecule has 1 unspecified atom stereocenters. The number of carbonyl (C=O) groups excluding carboxylic acids is 1. The first kappa shape index (κ1) is 16.5. The van der Waals surface area contributed by atoms with Crippen LogP contribution in [0.2, 0.25) is 0 Å². The second kappa shape index (κ2) is 7.97. The second-order valence-electron chi connectivity index (χ2n) is 8.64. The molecule has 0 radical (unpaired) electrons. The fraction of sp³-hybridized carbons (Fsp3) is 0.952. The molecule has 3 aliphatic carbocycles. The van der Waals surface area contributed by atoms with Crippen molar-refractivity contribution in [1.29, 1.82) is 0 Å². The Balaban J connectivity index is 1.41. The van der Waals surface area contributed by atoms with Crippen LogP contribution in [0.3, 0.4) is 0 Å². The quantitative estimate of drug-likeness (QED) is 0.608. The summed E-state index contributed by atoms with van der Waals surface area (Å²) in [6.07, 6.45) is 19.0. The van der Waals surface area contributed by atoms with Gasteiger partial charge in [-0.1, -0.05) is 32.6 Å². The SMILES string of the molecule is CCC[C@H]1CC[C@H]([C@H]2CC[C@H](C3CCCC(=O)C3)CC2)CC1. The Morgan fingerprint density at radius 3 is 1.86 bits per heavy atom. The van der Waals surface area contributed by atoms with Crippen LogP contribution in [0.25, 0.3) is 0 Å². The maximum absolute atomic E-state index is 11.7. The molecule has 1 nitrogen and oxygen atoms in total. The van der Waals surface area contributed by atoms with Crippen LogP contribution in [-0.2, 0) is 4.79 Å². The van der Waals surface area contributed by atoms with E-state index in [1.165, 1.54) is 77.0 Å². The van der Waals surface area contributed by atoms with Gasteiger partial charge in [0.25, 0.3) is 0 Å². The number of Topliss-reactive ketones (excluding diaryl/α,β-unsaturated/α-hetero) is 1. The lowest BCUT2D eigenvalue weighted by atomic mass is 9.65. The second-order valence-corrected chi connectivity index (χ2v) is 8.64. The van der Waals surface area contributed by atoms with Crippen molar-refractivity contribution in [3.8, 4) is 0 Å². The van der Waals surface area contributed by atoms with Crippen LogP contribution in [0.1, 0.15) is 96.8 Å². The van der Waals surface area contributed by atoms with Gasteiger partial charge in [0.2, 0.25) is 0 Å². The fourth-order valence-electron chi connectivity index (χ4n) is 5.90. The molecule has 0 amide bonds. The van der Waals surface area contributed by atoms with Crippen LogP contribution in [0, 0.1) is 29.6 Å². The van der Waals surface area contributed by atoms with Gasteiger partial charge in [-0.15, -0.1) is 0 Å². The predicted octanol–water partition coefficient (Wildman–Crippen LogP) is 6.16.